The number of hydrogen-bond acceptors (Lipinski definition) is 3. The molecule has 1 N–H and O–H groups in total. The van der Waals surface area contributed by atoms with Gasteiger partial charge in [-0.2, -0.15) is 0 Å². The Morgan fingerprint density at radius 1 is 1.41 bits per heavy atom. The summed E-state index contributed by atoms with van der Waals surface area (Å²) in [5.41, 5.74) is 0.486. The Morgan fingerprint density at radius 3 is 2.82 bits per heavy atom. The van der Waals surface area contributed by atoms with E-state index < -0.39 is 5.60 Å². The Bertz CT molecular complexity index is 451. The first-order valence-electron chi connectivity index (χ1n) is 8.30. The molecule has 0 bridgehead atoms. The van der Waals surface area contributed by atoms with Crippen LogP contribution < -0.4 is 5.32 Å². The molecule has 1 aliphatic heterocycles. The van der Waals surface area contributed by atoms with E-state index in [9.17, 15) is 9.59 Å². The normalized spacial score (nSPS) is 21.7. The van der Waals surface area contributed by atoms with Crippen molar-refractivity contribution in [2.45, 2.75) is 58.5 Å². The number of allylic oxidation sites excluding steroid dienone is 1. The molecule has 5 heteroatoms. The Kier molecular flexibility index (Phi) is 5.48. The number of ether oxygens (including phenoxy) is 1. The van der Waals surface area contributed by atoms with E-state index in [0.717, 1.165) is 50.8 Å². The molecule has 2 rings (SSSR count). The topological polar surface area (TPSA) is 58.6 Å². The zero-order chi connectivity index (χ0) is 16.2. The van der Waals surface area contributed by atoms with Crippen LogP contribution in [0.3, 0.4) is 0 Å². The first-order valence-corrected chi connectivity index (χ1v) is 8.30. The third-order valence-electron chi connectivity index (χ3n) is 4.11. The molecule has 124 valence electrons. The molecule has 5 nitrogen and oxygen atoms in total. The lowest BCUT2D eigenvalue weighted by Gasteiger charge is -2.24. The van der Waals surface area contributed by atoms with Crippen LogP contribution in [-0.2, 0) is 9.53 Å². The highest BCUT2D eigenvalue weighted by atomic mass is 16.6. The molecule has 22 heavy (non-hydrogen) atoms. The van der Waals surface area contributed by atoms with Crippen LogP contribution in [0, 0.1) is 5.92 Å². The molecule has 1 atom stereocenters. The van der Waals surface area contributed by atoms with Gasteiger partial charge in [-0.25, -0.2) is 4.79 Å². The fraction of sp³-hybridized carbons (Fsp3) is 0.765. The molecule has 1 heterocycles. The van der Waals surface area contributed by atoms with Gasteiger partial charge in [0, 0.05) is 25.2 Å². The van der Waals surface area contributed by atoms with Gasteiger partial charge in [-0.1, -0.05) is 6.08 Å². The van der Waals surface area contributed by atoms with Gasteiger partial charge >= 0.3 is 6.09 Å². The third-order valence-corrected chi connectivity index (χ3v) is 4.11. The van der Waals surface area contributed by atoms with Gasteiger partial charge < -0.3 is 15.0 Å². The second-order valence-electron chi connectivity index (χ2n) is 7.25. The summed E-state index contributed by atoms with van der Waals surface area (Å²) in [6.45, 7) is 7.80. The maximum absolute atomic E-state index is 12.0. The quantitative estimate of drug-likeness (QED) is 0.869. The summed E-state index contributed by atoms with van der Waals surface area (Å²) in [7, 11) is 0. The standard InChI is InChI=1S/C17H28N2O3/c1-17(2,3)22-16(21)19-11-9-13(12-19)8-10-18-15(20)14-6-4-5-7-14/h6,13H,4-5,7-12H2,1-3H3,(H,18,20)/t13-/m1/s1. The van der Waals surface area contributed by atoms with Crippen molar-refractivity contribution in [3.8, 4) is 0 Å². The van der Waals surface area contributed by atoms with Crippen LogP contribution >= 0.6 is 0 Å². The average Bonchev–Trinajstić information content (AvgIpc) is 3.08. The lowest BCUT2D eigenvalue weighted by atomic mass is 10.1. The Morgan fingerprint density at radius 2 is 2.18 bits per heavy atom. The van der Waals surface area contributed by atoms with Crippen molar-refractivity contribution in [1.82, 2.24) is 10.2 Å². The van der Waals surface area contributed by atoms with Gasteiger partial charge in [0.1, 0.15) is 5.60 Å². The van der Waals surface area contributed by atoms with E-state index in [4.69, 9.17) is 4.74 Å². The predicted octanol–water partition coefficient (Wildman–Crippen LogP) is 2.86. The first kappa shape index (κ1) is 16.8. The van der Waals surface area contributed by atoms with E-state index in [1.807, 2.05) is 26.8 Å². The van der Waals surface area contributed by atoms with Crippen LogP contribution in [0.5, 0.6) is 0 Å². The van der Waals surface area contributed by atoms with E-state index in [2.05, 4.69) is 5.32 Å². The summed E-state index contributed by atoms with van der Waals surface area (Å²) >= 11 is 0. The first-order chi connectivity index (χ1) is 10.3. The second kappa shape index (κ2) is 7.16. The number of nitrogens with zero attached hydrogens (tertiary/aromatic N) is 1. The van der Waals surface area contributed by atoms with Crippen molar-refractivity contribution < 1.29 is 14.3 Å². The molecule has 0 aromatic heterocycles. The minimum atomic E-state index is -0.446. The molecule has 1 saturated heterocycles. The van der Waals surface area contributed by atoms with E-state index in [1.54, 1.807) is 4.90 Å². The lowest BCUT2D eigenvalue weighted by Crippen LogP contribution is -2.35. The summed E-state index contributed by atoms with van der Waals surface area (Å²) in [5, 5.41) is 2.99. The van der Waals surface area contributed by atoms with Gasteiger partial charge in [0.05, 0.1) is 0 Å². The van der Waals surface area contributed by atoms with Crippen LogP contribution in [0.25, 0.3) is 0 Å². The van der Waals surface area contributed by atoms with Crippen LogP contribution in [0.4, 0.5) is 4.79 Å². The third kappa shape index (κ3) is 5.04. The van der Waals surface area contributed by atoms with Crippen LogP contribution in [0.2, 0.25) is 0 Å². The molecule has 1 aliphatic carbocycles. The highest BCUT2D eigenvalue weighted by molar-refractivity contribution is 5.93. The van der Waals surface area contributed by atoms with Crippen molar-refractivity contribution in [2.75, 3.05) is 19.6 Å². The minimum absolute atomic E-state index is 0.0829. The van der Waals surface area contributed by atoms with Crippen molar-refractivity contribution in [1.29, 1.82) is 0 Å². The number of carbonyl (C=O) groups is 2. The minimum Gasteiger partial charge on any atom is -0.444 e. The summed E-state index contributed by atoms with van der Waals surface area (Å²) < 4.78 is 5.39. The number of amides is 2. The molecular formula is C17H28N2O3. The van der Waals surface area contributed by atoms with E-state index in [1.165, 1.54) is 0 Å². The zero-order valence-corrected chi connectivity index (χ0v) is 14.0. The van der Waals surface area contributed by atoms with Gasteiger partial charge in [-0.3, -0.25) is 4.79 Å². The fourth-order valence-electron chi connectivity index (χ4n) is 2.94. The van der Waals surface area contributed by atoms with Gasteiger partial charge in [0.25, 0.3) is 0 Å². The highest BCUT2D eigenvalue weighted by Gasteiger charge is 2.29. The van der Waals surface area contributed by atoms with Crippen LogP contribution in [0.1, 0.15) is 52.9 Å². The van der Waals surface area contributed by atoms with Gasteiger partial charge in [0.15, 0.2) is 0 Å². The molecule has 0 aromatic carbocycles. The van der Waals surface area contributed by atoms with E-state index in [0.29, 0.717) is 12.5 Å². The molecule has 0 spiro atoms. The number of rotatable bonds is 4. The smallest absolute Gasteiger partial charge is 0.410 e. The van der Waals surface area contributed by atoms with Crippen molar-refractivity contribution in [2.24, 2.45) is 5.92 Å². The summed E-state index contributed by atoms with van der Waals surface area (Å²) in [6, 6.07) is 0. The Balaban J connectivity index is 1.66. The summed E-state index contributed by atoms with van der Waals surface area (Å²) in [5.74, 6) is 0.532. The lowest BCUT2D eigenvalue weighted by molar-refractivity contribution is -0.117. The molecule has 0 saturated carbocycles. The largest absolute Gasteiger partial charge is 0.444 e. The number of likely N-dealkylation sites (tertiary alicyclic amines) is 1. The van der Waals surface area contributed by atoms with E-state index in [-0.39, 0.29) is 12.0 Å². The number of nitrogens with one attached hydrogen (secondary N) is 1. The SMILES string of the molecule is CC(C)(C)OC(=O)N1CC[C@@H](CCNC(=O)C2=CCCC2)C1. The van der Waals surface area contributed by atoms with Gasteiger partial charge in [-0.05, 0) is 58.8 Å². The zero-order valence-electron chi connectivity index (χ0n) is 14.0. The van der Waals surface area contributed by atoms with Crippen LogP contribution in [0.15, 0.2) is 11.6 Å². The number of hydrogen-bond donors (Lipinski definition) is 1. The van der Waals surface area contributed by atoms with Crippen molar-refractivity contribution in [3.63, 3.8) is 0 Å². The van der Waals surface area contributed by atoms with Crippen molar-refractivity contribution in [3.05, 3.63) is 11.6 Å². The Hall–Kier alpha value is -1.52. The van der Waals surface area contributed by atoms with Gasteiger partial charge in [0.2, 0.25) is 5.91 Å². The molecule has 0 aromatic rings. The molecule has 0 radical (unpaired) electrons. The molecule has 2 amide bonds. The molecule has 1 fully saturated rings. The average molecular weight is 308 g/mol. The molecule has 0 unspecified atom stereocenters. The maximum atomic E-state index is 12.0. The number of carbonyl (C=O) groups excluding carboxylic acids is 2. The summed E-state index contributed by atoms with van der Waals surface area (Å²) in [6.07, 6.45) is 6.73. The fourth-order valence-corrected chi connectivity index (χ4v) is 2.94. The molecule has 2 aliphatic rings. The molecular weight excluding hydrogens is 280 g/mol. The monoisotopic (exact) mass is 308 g/mol. The summed E-state index contributed by atoms with van der Waals surface area (Å²) in [4.78, 5) is 25.6. The highest BCUT2D eigenvalue weighted by Crippen LogP contribution is 2.22. The predicted molar refractivity (Wildman–Crippen MR) is 85.5 cm³/mol. The maximum Gasteiger partial charge on any atom is 0.410 e. The van der Waals surface area contributed by atoms with Crippen molar-refractivity contribution >= 4 is 12.0 Å². The second-order valence-corrected chi connectivity index (χ2v) is 7.25. The van der Waals surface area contributed by atoms with Crippen LogP contribution in [-0.4, -0.2) is 42.1 Å². The van der Waals surface area contributed by atoms with Gasteiger partial charge in [-0.15, -0.1) is 0 Å². The Labute approximate surface area is 133 Å². The van der Waals surface area contributed by atoms with E-state index >= 15 is 0 Å².